The molecular formula is C20H43O4P. The maximum Gasteiger partial charge on any atom is 0.472 e. The van der Waals surface area contributed by atoms with Crippen molar-refractivity contribution < 1.29 is 18.5 Å². The number of hydrogen-bond acceptors (Lipinski definition) is 3. The van der Waals surface area contributed by atoms with Gasteiger partial charge in [0.2, 0.25) is 0 Å². The molecule has 0 spiro atoms. The van der Waals surface area contributed by atoms with Gasteiger partial charge in [0.1, 0.15) is 0 Å². The van der Waals surface area contributed by atoms with Crippen molar-refractivity contribution in [3.8, 4) is 0 Å². The van der Waals surface area contributed by atoms with E-state index in [1.54, 1.807) is 20.8 Å². The second-order valence-corrected chi connectivity index (χ2v) is 10.7. The third-order valence-corrected chi connectivity index (χ3v) is 5.25. The van der Waals surface area contributed by atoms with E-state index >= 15 is 0 Å². The van der Waals surface area contributed by atoms with Gasteiger partial charge in [0, 0.05) is 0 Å². The van der Waals surface area contributed by atoms with Gasteiger partial charge in [-0.1, -0.05) is 78.6 Å². The Morgan fingerprint density at radius 2 is 1.12 bits per heavy atom. The lowest BCUT2D eigenvalue weighted by molar-refractivity contribution is 0.0611. The molecule has 0 radical (unpaired) electrons. The molecule has 0 aliphatic carbocycles. The van der Waals surface area contributed by atoms with Crippen molar-refractivity contribution in [1.29, 1.82) is 0 Å². The van der Waals surface area contributed by atoms with Crippen LogP contribution < -0.4 is 0 Å². The molecule has 4 nitrogen and oxygen atoms in total. The maximum atomic E-state index is 11.7. The van der Waals surface area contributed by atoms with Crippen LogP contribution in [0, 0.1) is 5.41 Å². The van der Waals surface area contributed by atoms with Crippen molar-refractivity contribution >= 4 is 7.82 Å². The second-order valence-electron chi connectivity index (χ2n) is 9.35. The van der Waals surface area contributed by atoms with Crippen LogP contribution in [0.25, 0.3) is 0 Å². The Morgan fingerprint density at radius 1 is 0.720 bits per heavy atom. The minimum Gasteiger partial charge on any atom is -0.302 e. The maximum absolute atomic E-state index is 11.7. The number of hydrogen-bond donors (Lipinski definition) is 1. The number of unbranched alkanes of at least 4 members (excludes halogenated alkanes) is 9. The third kappa shape index (κ3) is 20.3. The van der Waals surface area contributed by atoms with E-state index in [1.165, 1.54) is 57.8 Å². The topological polar surface area (TPSA) is 55.8 Å². The highest BCUT2D eigenvalue weighted by Gasteiger charge is 2.28. The van der Waals surface area contributed by atoms with Crippen molar-refractivity contribution in [2.24, 2.45) is 5.41 Å². The molecule has 25 heavy (non-hydrogen) atoms. The van der Waals surface area contributed by atoms with Gasteiger partial charge in [0.15, 0.2) is 0 Å². The fourth-order valence-corrected chi connectivity index (χ4v) is 3.83. The number of phosphoric ester groups is 1. The first-order valence-corrected chi connectivity index (χ1v) is 11.6. The van der Waals surface area contributed by atoms with Gasteiger partial charge in [0.05, 0.1) is 12.2 Å². The lowest BCUT2D eigenvalue weighted by atomic mass is 9.89. The van der Waals surface area contributed by atoms with Gasteiger partial charge in [-0.25, -0.2) is 4.57 Å². The monoisotopic (exact) mass is 378 g/mol. The summed E-state index contributed by atoms with van der Waals surface area (Å²) in [6, 6.07) is 0. The zero-order chi connectivity index (χ0) is 19.4. The predicted octanol–water partition coefficient (Wildman–Crippen LogP) is 7.26. The zero-order valence-electron chi connectivity index (χ0n) is 17.6. The Kier molecular flexibility index (Phi) is 12.5. The molecule has 0 fully saturated rings. The molecule has 0 aliphatic heterocycles. The summed E-state index contributed by atoms with van der Waals surface area (Å²) in [6.07, 6.45) is 13.7. The van der Waals surface area contributed by atoms with Crippen molar-refractivity contribution in [2.75, 3.05) is 6.61 Å². The molecule has 0 aromatic carbocycles. The average molecular weight is 379 g/mol. The van der Waals surface area contributed by atoms with Crippen molar-refractivity contribution in [2.45, 2.75) is 118 Å². The largest absolute Gasteiger partial charge is 0.472 e. The first kappa shape index (κ1) is 25.1. The predicted molar refractivity (Wildman–Crippen MR) is 107 cm³/mol. The van der Waals surface area contributed by atoms with E-state index < -0.39 is 13.4 Å². The zero-order valence-corrected chi connectivity index (χ0v) is 18.5. The van der Waals surface area contributed by atoms with E-state index in [2.05, 4.69) is 20.8 Å². The SMILES string of the molecule is CC(C)(C)CCCCCCCCCCCCOP(=O)(O)OC(C)(C)C. The standard InChI is InChI=1S/C20H43O4P/c1-19(2,3)17-15-13-11-9-7-8-10-12-14-16-18-23-25(21,22)24-20(4,5)6/h7-18H2,1-6H3,(H,21,22). The highest BCUT2D eigenvalue weighted by Crippen LogP contribution is 2.47. The molecule has 5 heteroatoms. The molecule has 0 heterocycles. The van der Waals surface area contributed by atoms with E-state index in [9.17, 15) is 9.46 Å². The smallest absolute Gasteiger partial charge is 0.302 e. The van der Waals surface area contributed by atoms with E-state index in [0.717, 1.165) is 12.8 Å². The summed E-state index contributed by atoms with van der Waals surface area (Å²) in [6.45, 7) is 12.5. The molecule has 0 saturated carbocycles. The molecule has 152 valence electrons. The van der Waals surface area contributed by atoms with Gasteiger partial charge < -0.3 is 4.89 Å². The second kappa shape index (κ2) is 12.5. The van der Waals surface area contributed by atoms with Crippen molar-refractivity contribution in [3.63, 3.8) is 0 Å². The molecule has 0 saturated heterocycles. The van der Waals surface area contributed by atoms with E-state index in [4.69, 9.17) is 9.05 Å². The molecule has 1 N–H and O–H groups in total. The van der Waals surface area contributed by atoms with Gasteiger partial charge >= 0.3 is 7.82 Å². The first-order valence-electron chi connectivity index (χ1n) is 10.1. The fourth-order valence-electron chi connectivity index (χ4n) is 2.72. The summed E-state index contributed by atoms with van der Waals surface area (Å²) < 4.78 is 21.7. The van der Waals surface area contributed by atoms with E-state index in [1.807, 2.05) is 0 Å². The summed E-state index contributed by atoms with van der Waals surface area (Å²) >= 11 is 0. The Hall–Kier alpha value is 0.110. The average Bonchev–Trinajstić information content (AvgIpc) is 2.40. The summed E-state index contributed by atoms with van der Waals surface area (Å²) in [4.78, 5) is 9.57. The Labute approximate surface area is 156 Å². The molecule has 1 unspecified atom stereocenters. The normalized spacial score (nSPS) is 15.3. The molecule has 0 aromatic rings. The van der Waals surface area contributed by atoms with Crippen LogP contribution in [0.5, 0.6) is 0 Å². The van der Waals surface area contributed by atoms with Crippen LogP contribution >= 0.6 is 7.82 Å². The number of rotatable bonds is 14. The lowest BCUT2D eigenvalue weighted by Crippen LogP contribution is -2.18. The summed E-state index contributed by atoms with van der Waals surface area (Å²) in [7, 11) is -3.90. The Balaban J connectivity index is 3.36. The molecular weight excluding hydrogens is 335 g/mol. The van der Waals surface area contributed by atoms with Gasteiger partial charge in [0.25, 0.3) is 0 Å². The first-order chi connectivity index (χ1) is 11.4. The van der Waals surface area contributed by atoms with Crippen LogP contribution in [0.15, 0.2) is 0 Å². The molecule has 0 rings (SSSR count). The van der Waals surface area contributed by atoms with Gasteiger partial charge in [-0.3, -0.25) is 9.05 Å². The lowest BCUT2D eigenvalue weighted by Gasteiger charge is -2.22. The van der Waals surface area contributed by atoms with Crippen molar-refractivity contribution in [1.82, 2.24) is 0 Å². The van der Waals surface area contributed by atoms with Gasteiger partial charge in [-0.05, 0) is 39.0 Å². The third-order valence-electron chi connectivity index (χ3n) is 3.96. The van der Waals surface area contributed by atoms with Gasteiger partial charge in [-0.2, -0.15) is 0 Å². The molecule has 1 atom stereocenters. The summed E-state index contributed by atoms with van der Waals surface area (Å²) in [5, 5.41) is 0. The van der Waals surface area contributed by atoms with Crippen LogP contribution in [-0.4, -0.2) is 17.1 Å². The van der Waals surface area contributed by atoms with Crippen LogP contribution in [0.1, 0.15) is 112 Å². The Morgan fingerprint density at radius 3 is 1.52 bits per heavy atom. The van der Waals surface area contributed by atoms with E-state index in [-0.39, 0.29) is 6.61 Å². The highest BCUT2D eigenvalue weighted by molar-refractivity contribution is 7.47. The van der Waals surface area contributed by atoms with Crippen LogP contribution in [0.4, 0.5) is 0 Å². The van der Waals surface area contributed by atoms with E-state index in [0.29, 0.717) is 5.41 Å². The molecule has 0 bridgehead atoms. The van der Waals surface area contributed by atoms with Crippen LogP contribution in [0.2, 0.25) is 0 Å². The van der Waals surface area contributed by atoms with Crippen LogP contribution in [-0.2, 0) is 13.6 Å². The van der Waals surface area contributed by atoms with Crippen LogP contribution in [0.3, 0.4) is 0 Å². The molecule has 0 amide bonds. The quantitative estimate of drug-likeness (QED) is 0.255. The highest BCUT2D eigenvalue weighted by atomic mass is 31.2. The molecule has 0 aromatic heterocycles. The number of phosphoric acid groups is 1. The Bertz CT molecular complexity index is 369. The fraction of sp³-hybridized carbons (Fsp3) is 1.00. The van der Waals surface area contributed by atoms with Crippen molar-refractivity contribution in [3.05, 3.63) is 0 Å². The minimum atomic E-state index is -3.90. The molecule has 0 aliphatic rings. The van der Waals surface area contributed by atoms with Gasteiger partial charge in [-0.15, -0.1) is 0 Å². The minimum absolute atomic E-state index is 0.289. The summed E-state index contributed by atoms with van der Waals surface area (Å²) in [5.41, 5.74) is -0.191. The summed E-state index contributed by atoms with van der Waals surface area (Å²) in [5.74, 6) is 0.